The van der Waals surface area contributed by atoms with Crippen molar-refractivity contribution in [2.75, 3.05) is 0 Å². The second-order valence-corrected chi connectivity index (χ2v) is 5.08. The first kappa shape index (κ1) is 14.1. The summed E-state index contributed by atoms with van der Waals surface area (Å²) in [7, 11) is 0. The van der Waals surface area contributed by atoms with Crippen LogP contribution in [0.4, 0.5) is 0 Å². The van der Waals surface area contributed by atoms with Crippen LogP contribution < -0.4 is 5.32 Å². The van der Waals surface area contributed by atoms with E-state index >= 15 is 0 Å². The zero-order valence-corrected chi connectivity index (χ0v) is 12.5. The average molecular weight is 295 g/mol. The number of carbonyl (C=O) groups is 1. The largest absolute Gasteiger partial charge is 0.344 e. The van der Waals surface area contributed by atoms with E-state index in [-0.39, 0.29) is 5.91 Å². The molecule has 112 valence electrons. The minimum atomic E-state index is -0.221. The Bertz CT molecular complexity index is 768. The lowest BCUT2D eigenvalue weighted by atomic mass is 10.3. The van der Waals surface area contributed by atoms with Gasteiger partial charge < -0.3 is 14.9 Å². The number of nitrogens with one attached hydrogen (secondary N) is 2. The Morgan fingerprint density at radius 2 is 2.05 bits per heavy atom. The van der Waals surface area contributed by atoms with Gasteiger partial charge in [-0.2, -0.15) is 0 Å². The van der Waals surface area contributed by atoms with Crippen molar-refractivity contribution in [1.29, 1.82) is 0 Å². The molecule has 0 saturated carbocycles. The molecule has 3 aromatic rings. The van der Waals surface area contributed by atoms with Crippen LogP contribution in [0, 0.1) is 13.8 Å². The quantitative estimate of drug-likeness (QED) is 0.774. The molecule has 0 aliphatic heterocycles. The SMILES string of the molecule is Cc1nc(CNC(=O)c2cn(-c3ccccc3)cn2)[nH]c1C. The van der Waals surface area contributed by atoms with E-state index < -0.39 is 0 Å². The number of benzene rings is 1. The summed E-state index contributed by atoms with van der Waals surface area (Å²) >= 11 is 0. The minimum absolute atomic E-state index is 0.221. The Hall–Kier alpha value is -2.89. The monoisotopic (exact) mass is 295 g/mol. The molecule has 0 aliphatic carbocycles. The summed E-state index contributed by atoms with van der Waals surface area (Å²) in [4.78, 5) is 23.7. The summed E-state index contributed by atoms with van der Waals surface area (Å²) in [6.45, 7) is 4.24. The van der Waals surface area contributed by atoms with E-state index in [0.717, 1.165) is 22.9 Å². The van der Waals surface area contributed by atoms with Crippen molar-refractivity contribution in [3.05, 3.63) is 65.8 Å². The molecule has 3 rings (SSSR count). The summed E-state index contributed by atoms with van der Waals surface area (Å²) in [6, 6.07) is 9.74. The van der Waals surface area contributed by atoms with Gasteiger partial charge in [0.2, 0.25) is 0 Å². The van der Waals surface area contributed by atoms with Crippen LogP contribution in [0.15, 0.2) is 42.9 Å². The topological polar surface area (TPSA) is 75.6 Å². The number of nitrogens with zero attached hydrogens (tertiary/aromatic N) is 3. The predicted octanol–water partition coefficient (Wildman–Crippen LogP) is 2.14. The van der Waals surface area contributed by atoms with Crippen LogP contribution in [0.2, 0.25) is 0 Å². The van der Waals surface area contributed by atoms with Gasteiger partial charge >= 0.3 is 0 Å². The zero-order valence-electron chi connectivity index (χ0n) is 12.5. The van der Waals surface area contributed by atoms with E-state index in [1.165, 1.54) is 0 Å². The fraction of sp³-hybridized carbons (Fsp3) is 0.188. The fourth-order valence-electron chi connectivity index (χ4n) is 2.14. The molecule has 0 bridgehead atoms. The van der Waals surface area contributed by atoms with Gasteiger partial charge in [0.1, 0.15) is 17.8 Å². The highest BCUT2D eigenvalue weighted by Gasteiger charge is 2.11. The standard InChI is InChI=1S/C16H17N5O/c1-11-12(2)20-15(19-11)8-17-16(22)14-9-21(10-18-14)13-6-4-3-5-7-13/h3-7,9-10H,8H2,1-2H3,(H,17,22)(H,19,20). The Balaban J connectivity index is 1.67. The lowest BCUT2D eigenvalue weighted by Gasteiger charge is -2.01. The van der Waals surface area contributed by atoms with Gasteiger partial charge in [0, 0.05) is 17.6 Å². The van der Waals surface area contributed by atoms with Gasteiger partial charge in [-0.3, -0.25) is 4.79 Å². The number of rotatable bonds is 4. The average Bonchev–Trinajstić information content (AvgIpc) is 3.14. The number of H-pyrrole nitrogens is 1. The highest BCUT2D eigenvalue weighted by molar-refractivity contribution is 5.92. The maximum absolute atomic E-state index is 12.1. The molecule has 6 nitrogen and oxygen atoms in total. The summed E-state index contributed by atoms with van der Waals surface area (Å²) in [5.74, 6) is 0.521. The first-order chi connectivity index (χ1) is 10.6. The molecule has 22 heavy (non-hydrogen) atoms. The van der Waals surface area contributed by atoms with Gasteiger partial charge in [-0.05, 0) is 26.0 Å². The maximum Gasteiger partial charge on any atom is 0.271 e. The molecule has 1 aromatic carbocycles. The van der Waals surface area contributed by atoms with Crippen LogP contribution in [0.3, 0.4) is 0 Å². The molecule has 0 unspecified atom stereocenters. The number of aromatic amines is 1. The van der Waals surface area contributed by atoms with Crippen LogP contribution in [0.5, 0.6) is 0 Å². The number of para-hydroxylation sites is 1. The normalized spacial score (nSPS) is 10.6. The summed E-state index contributed by atoms with van der Waals surface area (Å²) in [6.07, 6.45) is 3.34. The van der Waals surface area contributed by atoms with Gasteiger partial charge in [0.05, 0.1) is 12.2 Å². The number of hydrogen-bond donors (Lipinski definition) is 2. The molecular weight excluding hydrogens is 278 g/mol. The number of aryl methyl sites for hydroxylation is 2. The third-order valence-corrected chi connectivity index (χ3v) is 3.46. The van der Waals surface area contributed by atoms with Crippen molar-refractivity contribution in [2.45, 2.75) is 20.4 Å². The fourth-order valence-corrected chi connectivity index (χ4v) is 2.14. The van der Waals surface area contributed by atoms with Crippen molar-refractivity contribution in [3.63, 3.8) is 0 Å². The van der Waals surface area contributed by atoms with E-state index in [9.17, 15) is 4.79 Å². The molecule has 0 fully saturated rings. The first-order valence-corrected chi connectivity index (χ1v) is 7.03. The van der Waals surface area contributed by atoms with Gasteiger partial charge in [0.25, 0.3) is 5.91 Å². The lowest BCUT2D eigenvalue weighted by Crippen LogP contribution is -2.23. The maximum atomic E-state index is 12.1. The highest BCUT2D eigenvalue weighted by Crippen LogP contribution is 2.08. The van der Waals surface area contributed by atoms with Gasteiger partial charge in [0.15, 0.2) is 0 Å². The van der Waals surface area contributed by atoms with E-state index in [2.05, 4.69) is 20.3 Å². The number of aromatic nitrogens is 4. The Morgan fingerprint density at radius 3 is 2.73 bits per heavy atom. The van der Waals surface area contributed by atoms with E-state index in [1.54, 1.807) is 12.5 Å². The molecule has 0 aliphatic rings. The molecular formula is C16H17N5O. The molecule has 1 amide bonds. The molecule has 2 aromatic heterocycles. The van der Waals surface area contributed by atoms with E-state index in [1.807, 2.05) is 48.7 Å². The third kappa shape index (κ3) is 2.90. The Morgan fingerprint density at radius 1 is 1.27 bits per heavy atom. The highest BCUT2D eigenvalue weighted by atomic mass is 16.1. The Labute approximate surface area is 128 Å². The number of amides is 1. The summed E-state index contributed by atoms with van der Waals surface area (Å²) < 4.78 is 1.82. The van der Waals surface area contributed by atoms with Crippen molar-refractivity contribution < 1.29 is 4.79 Å². The van der Waals surface area contributed by atoms with Crippen LogP contribution in [0.25, 0.3) is 5.69 Å². The predicted molar refractivity (Wildman–Crippen MR) is 82.8 cm³/mol. The van der Waals surface area contributed by atoms with Crippen molar-refractivity contribution in [1.82, 2.24) is 24.8 Å². The van der Waals surface area contributed by atoms with E-state index in [0.29, 0.717) is 12.2 Å². The van der Waals surface area contributed by atoms with Crippen LogP contribution in [-0.2, 0) is 6.54 Å². The number of carbonyl (C=O) groups excluding carboxylic acids is 1. The third-order valence-electron chi connectivity index (χ3n) is 3.46. The zero-order chi connectivity index (χ0) is 15.5. The lowest BCUT2D eigenvalue weighted by molar-refractivity contribution is 0.0945. The number of imidazole rings is 2. The molecule has 0 saturated heterocycles. The smallest absolute Gasteiger partial charge is 0.271 e. The van der Waals surface area contributed by atoms with Crippen molar-refractivity contribution >= 4 is 5.91 Å². The Kier molecular flexibility index (Phi) is 3.74. The summed E-state index contributed by atoms with van der Waals surface area (Å²) in [5, 5.41) is 2.81. The second-order valence-electron chi connectivity index (χ2n) is 5.08. The van der Waals surface area contributed by atoms with Gasteiger partial charge in [-0.15, -0.1) is 0 Å². The molecule has 6 heteroatoms. The second kappa shape index (κ2) is 5.85. The van der Waals surface area contributed by atoms with Gasteiger partial charge in [-0.1, -0.05) is 18.2 Å². The van der Waals surface area contributed by atoms with Crippen molar-refractivity contribution in [2.24, 2.45) is 0 Å². The van der Waals surface area contributed by atoms with Crippen molar-refractivity contribution in [3.8, 4) is 5.69 Å². The molecule has 0 atom stereocenters. The van der Waals surface area contributed by atoms with Gasteiger partial charge in [-0.25, -0.2) is 9.97 Å². The first-order valence-electron chi connectivity index (χ1n) is 7.03. The van der Waals surface area contributed by atoms with Crippen LogP contribution >= 0.6 is 0 Å². The molecule has 0 spiro atoms. The van der Waals surface area contributed by atoms with E-state index in [4.69, 9.17) is 0 Å². The molecule has 2 N–H and O–H groups in total. The van der Waals surface area contributed by atoms with Crippen LogP contribution in [-0.4, -0.2) is 25.4 Å². The molecule has 0 radical (unpaired) electrons. The molecule has 2 heterocycles. The summed E-state index contributed by atoms with van der Waals surface area (Å²) in [5.41, 5.74) is 3.30. The van der Waals surface area contributed by atoms with Crippen LogP contribution in [0.1, 0.15) is 27.7 Å². The number of hydrogen-bond acceptors (Lipinski definition) is 3. The minimum Gasteiger partial charge on any atom is -0.344 e.